The molecule has 2 nitrogen and oxygen atoms in total. The van der Waals surface area contributed by atoms with Crippen LogP contribution in [0.3, 0.4) is 0 Å². The molecule has 102 valence electrons. The number of para-hydroxylation sites is 1. The summed E-state index contributed by atoms with van der Waals surface area (Å²) in [6.45, 7) is 2.95. The average molecular weight is 283 g/mol. The van der Waals surface area contributed by atoms with Crippen LogP contribution in [0, 0.1) is 0 Å². The largest absolute Gasteiger partial charge is 0.494 e. The summed E-state index contributed by atoms with van der Waals surface area (Å²) in [5.41, 5.74) is 2.19. The van der Waals surface area contributed by atoms with Crippen molar-refractivity contribution >= 4 is 21.6 Å². The fourth-order valence-corrected chi connectivity index (χ4v) is 3.01. The molecule has 1 aromatic heterocycles. The molecule has 0 atom stereocenters. The van der Waals surface area contributed by atoms with E-state index in [1.165, 1.54) is 4.70 Å². The minimum Gasteiger partial charge on any atom is -0.494 e. The number of aromatic nitrogens is 1. The Kier molecular flexibility index (Phi) is 3.97. The number of benzene rings is 2. The van der Waals surface area contributed by atoms with Gasteiger partial charge in [0.1, 0.15) is 10.8 Å². The van der Waals surface area contributed by atoms with Crippen LogP contribution in [0.1, 0.15) is 19.8 Å². The molecule has 3 aromatic rings. The van der Waals surface area contributed by atoms with Gasteiger partial charge in [-0.25, -0.2) is 4.98 Å². The molecule has 0 aliphatic rings. The van der Waals surface area contributed by atoms with Gasteiger partial charge in [-0.15, -0.1) is 11.3 Å². The third kappa shape index (κ3) is 2.83. The van der Waals surface area contributed by atoms with Gasteiger partial charge in [-0.1, -0.05) is 37.6 Å². The van der Waals surface area contributed by atoms with Crippen molar-refractivity contribution in [3.05, 3.63) is 48.5 Å². The molecule has 0 spiro atoms. The molecule has 0 saturated carbocycles. The van der Waals surface area contributed by atoms with Gasteiger partial charge in [0, 0.05) is 5.56 Å². The summed E-state index contributed by atoms with van der Waals surface area (Å²) < 4.78 is 6.98. The summed E-state index contributed by atoms with van der Waals surface area (Å²) in [5, 5.41) is 1.05. The lowest BCUT2D eigenvalue weighted by Crippen LogP contribution is -1.96. The van der Waals surface area contributed by atoms with Crippen LogP contribution in [0.2, 0.25) is 0 Å². The van der Waals surface area contributed by atoms with E-state index in [1.54, 1.807) is 11.3 Å². The second-order valence-electron chi connectivity index (χ2n) is 4.72. The van der Waals surface area contributed by atoms with Gasteiger partial charge in [0.2, 0.25) is 0 Å². The van der Waals surface area contributed by atoms with Gasteiger partial charge in [0.05, 0.1) is 16.8 Å². The van der Waals surface area contributed by atoms with Crippen molar-refractivity contribution in [2.75, 3.05) is 6.61 Å². The molecule has 3 heteroatoms. The zero-order valence-corrected chi connectivity index (χ0v) is 12.3. The van der Waals surface area contributed by atoms with Crippen LogP contribution < -0.4 is 4.74 Å². The number of unbranched alkanes of at least 4 members (excludes halogenated alkanes) is 1. The summed E-state index contributed by atoms with van der Waals surface area (Å²) in [7, 11) is 0. The van der Waals surface area contributed by atoms with Gasteiger partial charge in [0.15, 0.2) is 0 Å². The van der Waals surface area contributed by atoms with Crippen LogP contribution in [-0.2, 0) is 0 Å². The minimum absolute atomic E-state index is 0.778. The van der Waals surface area contributed by atoms with Crippen molar-refractivity contribution in [2.24, 2.45) is 0 Å². The van der Waals surface area contributed by atoms with E-state index in [-0.39, 0.29) is 0 Å². The maximum absolute atomic E-state index is 5.76. The first-order chi connectivity index (χ1) is 9.86. The van der Waals surface area contributed by atoms with Gasteiger partial charge in [-0.2, -0.15) is 0 Å². The fraction of sp³-hybridized carbons (Fsp3) is 0.235. The number of fused-ring (bicyclic) bond motifs is 1. The fourth-order valence-electron chi connectivity index (χ4n) is 2.05. The van der Waals surface area contributed by atoms with Gasteiger partial charge in [-0.05, 0) is 30.7 Å². The molecule has 0 aliphatic heterocycles. The maximum atomic E-state index is 5.76. The monoisotopic (exact) mass is 283 g/mol. The standard InChI is InChI=1S/C17H17NOS/c1-2-3-11-19-14-8-6-7-13(12-14)17-18-15-9-4-5-10-16(15)20-17/h4-10,12H,2-3,11H2,1H3. The highest BCUT2D eigenvalue weighted by atomic mass is 32.1. The van der Waals surface area contributed by atoms with Gasteiger partial charge in [-0.3, -0.25) is 0 Å². The summed E-state index contributed by atoms with van der Waals surface area (Å²) in [5.74, 6) is 0.926. The van der Waals surface area contributed by atoms with Crippen LogP contribution in [-0.4, -0.2) is 11.6 Å². The Morgan fingerprint density at radius 3 is 2.85 bits per heavy atom. The number of thiazole rings is 1. The predicted octanol–water partition coefficient (Wildman–Crippen LogP) is 5.14. The highest BCUT2D eigenvalue weighted by Gasteiger charge is 2.06. The lowest BCUT2D eigenvalue weighted by atomic mass is 10.2. The molecule has 0 bridgehead atoms. The van der Waals surface area contributed by atoms with E-state index in [0.29, 0.717) is 0 Å². The molecule has 0 unspecified atom stereocenters. The molecule has 0 radical (unpaired) electrons. The smallest absolute Gasteiger partial charge is 0.124 e. The lowest BCUT2D eigenvalue weighted by molar-refractivity contribution is 0.309. The molecule has 3 rings (SSSR count). The predicted molar refractivity (Wildman–Crippen MR) is 85.5 cm³/mol. The summed E-state index contributed by atoms with van der Waals surface area (Å²) in [6.07, 6.45) is 2.24. The Balaban J connectivity index is 1.87. The van der Waals surface area contributed by atoms with Crippen molar-refractivity contribution in [3.8, 4) is 16.3 Å². The molecule has 20 heavy (non-hydrogen) atoms. The first kappa shape index (κ1) is 13.1. The van der Waals surface area contributed by atoms with Crippen LogP contribution in [0.4, 0.5) is 0 Å². The number of rotatable bonds is 5. The van der Waals surface area contributed by atoms with Crippen molar-refractivity contribution in [1.29, 1.82) is 0 Å². The summed E-state index contributed by atoms with van der Waals surface area (Å²) >= 11 is 1.72. The highest BCUT2D eigenvalue weighted by Crippen LogP contribution is 2.31. The van der Waals surface area contributed by atoms with E-state index < -0.39 is 0 Å². The molecule has 0 amide bonds. The van der Waals surface area contributed by atoms with Crippen molar-refractivity contribution in [1.82, 2.24) is 4.98 Å². The third-order valence-corrected chi connectivity index (χ3v) is 4.23. The number of nitrogens with zero attached hydrogens (tertiary/aromatic N) is 1. The van der Waals surface area contributed by atoms with Gasteiger partial charge >= 0.3 is 0 Å². The molecular weight excluding hydrogens is 266 g/mol. The molecule has 1 heterocycles. The second-order valence-corrected chi connectivity index (χ2v) is 5.75. The van der Waals surface area contributed by atoms with E-state index in [4.69, 9.17) is 4.74 Å². The Labute approximate surface area is 123 Å². The number of hydrogen-bond acceptors (Lipinski definition) is 3. The van der Waals surface area contributed by atoms with Crippen molar-refractivity contribution in [2.45, 2.75) is 19.8 Å². The first-order valence-corrected chi connectivity index (χ1v) is 7.77. The molecule has 0 fully saturated rings. The Bertz CT molecular complexity index is 672. The highest BCUT2D eigenvalue weighted by molar-refractivity contribution is 7.21. The molecule has 0 saturated heterocycles. The van der Waals surface area contributed by atoms with E-state index in [2.05, 4.69) is 42.2 Å². The second kappa shape index (κ2) is 6.06. The van der Waals surface area contributed by atoms with Crippen molar-refractivity contribution in [3.63, 3.8) is 0 Å². The molecule has 2 aromatic carbocycles. The maximum Gasteiger partial charge on any atom is 0.124 e. The van der Waals surface area contributed by atoms with Gasteiger partial charge < -0.3 is 4.74 Å². The first-order valence-electron chi connectivity index (χ1n) is 6.95. The van der Waals surface area contributed by atoms with E-state index in [0.717, 1.165) is 41.3 Å². The normalized spacial score (nSPS) is 10.8. The molecular formula is C17H17NOS. The van der Waals surface area contributed by atoms with E-state index in [1.807, 2.05) is 18.2 Å². The zero-order valence-electron chi connectivity index (χ0n) is 11.5. The molecule has 0 N–H and O–H groups in total. The topological polar surface area (TPSA) is 22.1 Å². The van der Waals surface area contributed by atoms with E-state index >= 15 is 0 Å². The average Bonchev–Trinajstić information content (AvgIpc) is 2.92. The Morgan fingerprint density at radius 2 is 2.00 bits per heavy atom. The third-order valence-electron chi connectivity index (χ3n) is 3.14. The summed E-state index contributed by atoms with van der Waals surface area (Å²) in [6, 6.07) is 16.4. The van der Waals surface area contributed by atoms with Crippen LogP contribution in [0.15, 0.2) is 48.5 Å². The van der Waals surface area contributed by atoms with Gasteiger partial charge in [0.25, 0.3) is 0 Å². The SMILES string of the molecule is CCCCOc1cccc(-c2nc3ccccc3s2)c1. The minimum atomic E-state index is 0.778. The number of hydrogen-bond donors (Lipinski definition) is 0. The van der Waals surface area contributed by atoms with Crippen LogP contribution in [0.25, 0.3) is 20.8 Å². The Morgan fingerprint density at radius 1 is 1.10 bits per heavy atom. The Hall–Kier alpha value is -1.87. The number of ether oxygens (including phenoxy) is 1. The quantitative estimate of drug-likeness (QED) is 0.605. The van der Waals surface area contributed by atoms with Crippen LogP contribution in [0.5, 0.6) is 5.75 Å². The summed E-state index contributed by atoms with van der Waals surface area (Å²) in [4.78, 5) is 4.68. The van der Waals surface area contributed by atoms with Crippen LogP contribution >= 0.6 is 11.3 Å². The van der Waals surface area contributed by atoms with E-state index in [9.17, 15) is 0 Å². The lowest BCUT2D eigenvalue weighted by Gasteiger charge is -2.06. The zero-order chi connectivity index (χ0) is 13.8. The van der Waals surface area contributed by atoms with Crippen molar-refractivity contribution < 1.29 is 4.74 Å². The molecule has 0 aliphatic carbocycles.